The molecule has 0 spiro atoms. The largest absolute Gasteiger partial charge is 0.381 e. The van der Waals surface area contributed by atoms with Crippen LogP contribution < -0.4 is 21.7 Å². The SMILES string of the molecule is CCNC(=NCc1ccc(C(=O)NCC(N)=O)cc1)NCCCOCC1CCOCC1. The third kappa shape index (κ3) is 10.3. The molecular formula is C22H35N5O4. The topological polar surface area (TPSA) is 127 Å². The summed E-state index contributed by atoms with van der Waals surface area (Å²) in [7, 11) is 0. The van der Waals surface area contributed by atoms with E-state index in [0.29, 0.717) is 18.0 Å². The number of guanidine groups is 1. The van der Waals surface area contributed by atoms with Gasteiger partial charge in [-0.05, 0) is 49.8 Å². The van der Waals surface area contributed by atoms with Gasteiger partial charge in [-0.25, -0.2) is 4.99 Å². The molecule has 0 unspecified atom stereocenters. The van der Waals surface area contributed by atoms with Crippen molar-refractivity contribution in [1.82, 2.24) is 16.0 Å². The molecule has 2 rings (SSSR count). The predicted molar refractivity (Wildman–Crippen MR) is 120 cm³/mol. The van der Waals surface area contributed by atoms with Gasteiger partial charge in [0, 0.05) is 45.1 Å². The average Bonchev–Trinajstić information content (AvgIpc) is 2.79. The third-order valence-electron chi connectivity index (χ3n) is 4.86. The molecule has 5 N–H and O–H groups in total. The average molecular weight is 434 g/mol. The lowest BCUT2D eigenvalue weighted by molar-refractivity contribution is -0.117. The molecule has 0 atom stereocenters. The van der Waals surface area contributed by atoms with E-state index < -0.39 is 5.91 Å². The molecule has 9 heteroatoms. The van der Waals surface area contributed by atoms with E-state index in [1.54, 1.807) is 12.1 Å². The predicted octanol–water partition coefficient (Wildman–Crippen LogP) is 0.790. The van der Waals surface area contributed by atoms with E-state index in [0.717, 1.165) is 70.3 Å². The number of nitrogens with two attached hydrogens (primary N) is 1. The van der Waals surface area contributed by atoms with Gasteiger partial charge >= 0.3 is 0 Å². The van der Waals surface area contributed by atoms with Crippen LogP contribution in [0.2, 0.25) is 0 Å². The zero-order valence-corrected chi connectivity index (χ0v) is 18.3. The van der Waals surface area contributed by atoms with Crippen molar-refractivity contribution in [3.8, 4) is 0 Å². The van der Waals surface area contributed by atoms with E-state index >= 15 is 0 Å². The fourth-order valence-electron chi connectivity index (χ4n) is 3.09. The van der Waals surface area contributed by atoms with Crippen LogP contribution in [0, 0.1) is 5.92 Å². The molecule has 1 aliphatic rings. The van der Waals surface area contributed by atoms with Gasteiger partial charge in [0.15, 0.2) is 5.96 Å². The number of carbonyl (C=O) groups is 2. The monoisotopic (exact) mass is 433 g/mol. The van der Waals surface area contributed by atoms with Gasteiger partial charge in [-0.3, -0.25) is 9.59 Å². The molecule has 0 saturated carbocycles. The number of primary amides is 1. The molecule has 31 heavy (non-hydrogen) atoms. The first-order valence-corrected chi connectivity index (χ1v) is 10.9. The minimum absolute atomic E-state index is 0.177. The lowest BCUT2D eigenvalue weighted by Crippen LogP contribution is -2.38. The Labute approximate surface area is 184 Å². The quantitative estimate of drug-likeness (QED) is 0.219. The second-order valence-electron chi connectivity index (χ2n) is 7.45. The summed E-state index contributed by atoms with van der Waals surface area (Å²) in [6, 6.07) is 7.10. The number of amides is 2. The Balaban J connectivity index is 1.69. The van der Waals surface area contributed by atoms with Gasteiger partial charge in [0.25, 0.3) is 5.91 Å². The van der Waals surface area contributed by atoms with E-state index in [2.05, 4.69) is 20.9 Å². The van der Waals surface area contributed by atoms with Crippen LogP contribution in [0.15, 0.2) is 29.3 Å². The molecule has 1 saturated heterocycles. The van der Waals surface area contributed by atoms with Crippen molar-refractivity contribution in [2.75, 3.05) is 46.1 Å². The van der Waals surface area contributed by atoms with E-state index in [-0.39, 0.29) is 12.5 Å². The number of carbonyl (C=O) groups excluding carboxylic acids is 2. The summed E-state index contributed by atoms with van der Waals surface area (Å²) in [6.07, 6.45) is 3.09. The molecule has 2 amide bonds. The first-order chi connectivity index (χ1) is 15.1. The molecule has 0 aliphatic carbocycles. The third-order valence-corrected chi connectivity index (χ3v) is 4.86. The van der Waals surface area contributed by atoms with Crippen molar-refractivity contribution in [1.29, 1.82) is 0 Å². The molecule has 0 aromatic heterocycles. The molecule has 1 aliphatic heterocycles. The number of aliphatic imine (C=N–C) groups is 1. The van der Waals surface area contributed by atoms with Crippen LogP contribution in [0.1, 0.15) is 42.1 Å². The van der Waals surface area contributed by atoms with Crippen LogP contribution in [0.5, 0.6) is 0 Å². The molecule has 1 fully saturated rings. The Morgan fingerprint density at radius 1 is 1.16 bits per heavy atom. The number of rotatable bonds is 12. The Hall–Kier alpha value is -2.65. The maximum atomic E-state index is 11.9. The maximum Gasteiger partial charge on any atom is 0.251 e. The molecule has 0 bridgehead atoms. The lowest BCUT2D eigenvalue weighted by atomic mass is 10.0. The minimum Gasteiger partial charge on any atom is -0.381 e. The zero-order chi connectivity index (χ0) is 22.3. The molecule has 9 nitrogen and oxygen atoms in total. The van der Waals surface area contributed by atoms with Crippen molar-refractivity contribution in [2.24, 2.45) is 16.6 Å². The highest BCUT2D eigenvalue weighted by Gasteiger charge is 2.13. The standard InChI is InChI=1S/C22H35N5O4/c1-2-24-22(25-10-3-11-31-16-18-8-12-30-13-9-18)27-14-17-4-6-19(7-5-17)21(29)26-15-20(23)28/h4-7,18H,2-3,8-16H2,1H3,(H2,23,28)(H,26,29)(H2,24,25,27). The van der Waals surface area contributed by atoms with Crippen molar-refractivity contribution in [2.45, 2.75) is 32.7 Å². The first kappa shape index (κ1) is 24.6. The first-order valence-electron chi connectivity index (χ1n) is 10.9. The van der Waals surface area contributed by atoms with Gasteiger partial charge in [0.1, 0.15) is 0 Å². The summed E-state index contributed by atoms with van der Waals surface area (Å²) in [5.41, 5.74) is 6.48. The molecule has 1 heterocycles. The number of ether oxygens (including phenoxy) is 2. The molecule has 1 aromatic carbocycles. The minimum atomic E-state index is -0.575. The number of nitrogens with zero attached hydrogens (tertiary/aromatic N) is 1. The van der Waals surface area contributed by atoms with Gasteiger partial charge in [-0.1, -0.05) is 12.1 Å². The molecule has 172 valence electrons. The van der Waals surface area contributed by atoms with Gasteiger partial charge in [-0.15, -0.1) is 0 Å². The van der Waals surface area contributed by atoms with Crippen LogP contribution in [0.3, 0.4) is 0 Å². The van der Waals surface area contributed by atoms with Crippen LogP contribution in [-0.2, 0) is 20.8 Å². The van der Waals surface area contributed by atoms with E-state index in [1.165, 1.54) is 0 Å². The number of hydrogen-bond acceptors (Lipinski definition) is 5. The summed E-state index contributed by atoms with van der Waals surface area (Å²) >= 11 is 0. The van der Waals surface area contributed by atoms with Crippen LogP contribution >= 0.6 is 0 Å². The van der Waals surface area contributed by atoms with Gasteiger partial charge in [0.05, 0.1) is 13.1 Å². The van der Waals surface area contributed by atoms with Gasteiger partial charge in [-0.2, -0.15) is 0 Å². The molecule has 1 aromatic rings. The van der Waals surface area contributed by atoms with Gasteiger partial charge in [0.2, 0.25) is 5.91 Å². The van der Waals surface area contributed by atoms with Crippen molar-refractivity contribution in [3.05, 3.63) is 35.4 Å². The zero-order valence-electron chi connectivity index (χ0n) is 18.3. The number of hydrogen-bond donors (Lipinski definition) is 4. The Morgan fingerprint density at radius 2 is 1.90 bits per heavy atom. The summed E-state index contributed by atoms with van der Waals surface area (Å²) in [6.45, 7) is 7.11. The van der Waals surface area contributed by atoms with Crippen LogP contribution in [-0.4, -0.2) is 63.8 Å². The number of nitrogens with one attached hydrogen (secondary N) is 3. The second-order valence-corrected chi connectivity index (χ2v) is 7.45. The summed E-state index contributed by atoms with van der Waals surface area (Å²) < 4.78 is 11.2. The second kappa shape index (κ2) is 14.4. The lowest BCUT2D eigenvalue weighted by Gasteiger charge is -2.21. The van der Waals surface area contributed by atoms with Crippen LogP contribution in [0.25, 0.3) is 0 Å². The molecule has 0 radical (unpaired) electrons. The fourth-order valence-corrected chi connectivity index (χ4v) is 3.09. The van der Waals surface area contributed by atoms with E-state index in [1.807, 2.05) is 19.1 Å². The smallest absolute Gasteiger partial charge is 0.251 e. The maximum absolute atomic E-state index is 11.9. The van der Waals surface area contributed by atoms with Gasteiger partial charge < -0.3 is 31.2 Å². The summed E-state index contributed by atoms with van der Waals surface area (Å²) in [5.74, 6) is 0.466. The fraction of sp³-hybridized carbons (Fsp3) is 0.591. The van der Waals surface area contributed by atoms with Crippen molar-refractivity contribution in [3.63, 3.8) is 0 Å². The highest BCUT2D eigenvalue weighted by atomic mass is 16.5. The van der Waals surface area contributed by atoms with Crippen molar-refractivity contribution >= 4 is 17.8 Å². The van der Waals surface area contributed by atoms with E-state index in [4.69, 9.17) is 15.2 Å². The highest BCUT2D eigenvalue weighted by Crippen LogP contribution is 2.14. The van der Waals surface area contributed by atoms with Crippen molar-refractivity contribution < 1.29 is 19.1 Å². The Morgan fingerprint density at radius 3 is 2.58 bits per heavy atom. The number of benzene rings is 1. The van der Waals surface area contributed by atoms with E-state index in [9.17, 15) is 9.59 Å². The summed E-state index contributed by atoms with van der Waals surface area (Å²) in [5, 5.41) is 9.01. The molecular weight excluding hydrogens is 398 g/mol. The summed E-state index contributed by atoms with van der Waals surface area (Å²) in [4.78, 5) is 27.3. The van der Waals surface area contributed by atoms with Crippen LogP contribution in [0.4, 0.5) is 0 Å². The highest BCUT2D eigenvalue weighted by molar-refractivity contribution is 5.96. The normalized spacial score (nSPS) is 14.8. The Kier molecular flexibility index (Phi) is 11.4. The Bertz CT molecular complexity index is 702.